The number of aromatic nitrogens is 3. The van der Waals surface area contributed by atoms with Crippen LogP contribution in [-0.2, 0) is 11.0 Å². The van der Waals surface area contributed by atoms with Gasteiger partial charge in [0, 0.05) is 12.6 Å². The van der Waals surface area contributed by atoms with E-state index < -0.39 is 34.8 Å². The van der Waals surface area contributed by atoms with E-state index in [2.05, 4.69) is 15.1 Å². The number of hydrogen-bond donors (Lipinski definition) is 1. The number of amides is 1. The van der Waals surface area contributed by atoms with Crippen molar-refractivity contribution in [3.63, 3.8) is 0 Å². The lowest BCUT2D eigenvalue weighted by molar-refractivity contribution is -0.297. The highest BCUT2D eigenvalue weighted by Crippen LogP contribution is 2.52. The molecule has 39 heavy (non-hydrogen) atoms. The number of thiazole rings is 1. The van der Waals surface area contributed by atoms with Gasteiger partial charge < -0.3 is 14.5 Å². The van der Waals surface area contributed by atoms with E-state index in [4.69, 9.17) is 4.52 Å². The molecule has 1 atom stereocenters. The molecule has 3 heterocycles. The number of carbonyl (C=O) groups is 1. The number of nitrogens with zero attached hydrogens (tertiary/aromatic N) is 4. The van der Waals surface area contributed by atoms with Crippen molar-refractivity contribution in [1.82, 2.24) is 20.0 Å². The van der Waals surface area contributed by atoms with Crippen LogP contribution in [0.3, 0.4) is 0 Å². The summed E-state index contributed by atoms with van der Waals surface area (Å²) in [6.07, 6.45) is -9.64. The van der Waals surface area contributed by atoms with Crippen LogP contribution in [0, 0.1) is 6.92 Å². The Bertz CT molecular complexity index is 1380. The summed E-state index contributed by atoms with van der Waals surface area (Å²) in [6.45, 7) is 6.70. The molecule has 14 heteroatoms. The Balaban J connectivity index is 1.86. The van der Waals surface area contributed by atoms with Gasteiger partial charge in [-0.3, -0.25) is 4.79 Å². The highest BCUT2D eigenvalue weighted by atomic mass is 32.1. The van der Waals surface area contributed by atoms with Gasteiger partial charge in [0.05, 0.1) is 4.88 Å². The lowest BCUT2D eigenvalue weighted by atomic mass is 9.79. The minimum absolute atomic E-state index is 0.0244. The molecule has 0 aliphatic carbocycles. The number of benzene rings is 1. The van der Waals surface area contributed by atoms with E-state index in [9.17, 15) is 36.2 Å². The Labute approximate surface area is 223 Å². The third-order valence-corrected chi connectivity index (χ3v) is 8.05. The van der Waals surface area contributed by atoms with Gasteiger partial charge in [0.2, 0.25) is 5.82 Å². The summed E-state index contributed by atoms with van der Waals surface area (Å²) in [4.78, 5) is 24.0. The average Bonchev–Trinajstić information content (AvgIpc) is 3.55. The van der Waals surface area contributed by atoms with Crippen LogP contribution in [0.1, 0.15) is 68.0 Å². The Morgan fingerprint density at radius 2 is 1.74 bits per heavy atom. The standard InChI is InChI=1S/C25H26F6N4O3S/c1-12-11-14(23(5,24(26,27)28)25(29,30)31)8-9-15(12)17-16(20(36)35-10-6-7-13(35)2)32-19(39-17)18-33-21(38-34-18)22(3,4)37/h8-9,11,13,37H,6-7,10H2,1-5H3/t13-/m0/s1. The number of aryl methyl sites for hydroxylation is 1. The van der Waals surface area contributed by atoms with Crippen LogP contribution >= 0.6 is 11.3 Å². The number of carbonyl (C=O) groups excluding carboxylic acids is 1. The minimum atomic E-state index is -5.60. The number of likely N-dealkylation sites (tertiary alicyclic amines) is 1. The van der Waals surface area contributed by atoms with E-state index >= 15 is 0 Å². The number of hydrogen-bond acceptors (Lipinski definition) is 7. The maximum atomic E-state index is 13.7. The fourth-order valence-electron chi connectivity index (χ4n) is 4.39. The van der Waals surface area contributed by atoms with Gasteiger partial charge in [-0.1, -0.05) is 23.4 Å². The van der Waals surface area contributed by atoms with Crippen molar-refractivity contribution in [1.29, 1.82) is 0 Å². The fourth-order valence-corrected chi connectivity index (χ4v) is 5.46. The van der Waals surface area contributed by atoms with Crippen LogP contribution in [0.5, 0.6) is 0 Å². The molecule has 0 unspecified atom stereocenters. The molecule has 1 amide bonds. The van der Waals surface area contributed by atoms with E-state index in [0.717, 1.165) is 42.4 Å². The molecule has 1 fully saturated rings. The average molecular weight is 577 g/mol. The molecule has 212 valence electrons. The molecule has 1 N–H and O–H groups in total. The lowest BCUT2D eigenvalue weighted by Crippen LogP contribution is -2.51. The topological polar surface area (TPSA) is 92.4 Å². The molecule has 1 aliphatic heterocycles. The maximum absolute atomic E-state index is 13.7. The smallest absolute Gasteiger partial charge is 0.381 e. The predicted molar refractivity (Wildman–Crippen MR) is 130 cm³/mol. The number of alkyl halides is 6. The van der Waals surface area contributed by atoms with E-state index in [1.807, 2.05) is 6.92 Å². The van der Waals surface area contributed by atoms with E-state index in [0.29, 0.717) is 6.54 Å². The highest BCUT2D eigenvalue weighted by molar-refractivity contribution is 7.18. The molecular formula is C25H26F6N4O3S. The monoisotopic (exact) mass is 576 g/mol. The Morgan fingerprint density at radius 3 is 2.23 bits per heavy atom. The van der Waals surface area contributed by atoms with Gasteiger partial charge in [-0.15, -0.1) is 11.3 Å². The zero-order chi connectivity index (χ0) is 29.1. The van der Waals surface area contributed by atoms with Crippen LogP contribution < -0.4 is 0 Å². The molecular weight excluding hydrogens is 550 g/mol. The predicted octanol–water partition coefficient (Wildman–Crippen LogP) is 6.40. The van der Waals surface area contributed by atoms with E-state index in [1.165, 1.54) is 20.8 Å². The zero-order valence-corrected chi connectivity index (χ0v) is 22.5. The van der Waals surface area contributed by atoms with Crippen LogP contribution in [0.15, 0.2) is 22.7 Å². The highest BCUT2D eigenvalue weighted by Gasteiger charge is 2.68. The molecule has 1 aliphatic rings. The molecule has 0 radical (unpaired) electrons. The summed E-state index contributed by atoms with van der Waals surface area (Å²) in [5, 5.41) is 14.1. The second kappa shape index (κ2) is 9.58. The number of halogens is 6. The molecule has 0 bridgehead atoms. The maximum Gasteiger partial charge on any atom is 0.406 e. The summed E-state index contributed by atoms with van der Waals surface area (Å²) in [5.41, 5.74) is -6.20. The first-order valence-corrected chi connectivity index (χ1v) is 12.8. The van der Waals surface area contributed by atoms with Gasteiger partial charge in [0.1, 0.15) is 11.3 Å². The molecule has 0 saturated carbocycles. The van der Waals surface area contributed by atoms with Crippen molar-refractivity contribution in [2.24, 2.45) is 0 Å². The van der Waals surface area contributed by atoms with Crippen molar-refractivity contribution in [3.8, 4) is 21.3 Å². The SMILES string of the molecule is Cc1cc(C(C)(C(F)(F)F)C(F)(F)F)ccc1-c1sc(-c2noc(C(C)(C)O)n2)nc1C(=O)N1CCC[C@@H]1C. The van der Waals surface area contributed by atoms with Crippen LogP contribution in [-0.4, -0.2) is 56.0 Å². The van der Waals surface area contributed by atoms with Crippen molar-refractivity contribution in [2.75, 3.05) is 6.54 Å². The molecule has 0 spiro atoms. The summed E-state index contributed by atoms with van der Waals surface area (Å²) in [6, 6.07) is 2.67. The quantitative estimate of drug-likeness (QED) is 0.354. The van der Waals surface area contributed by atoms with Gasteiger partial charge in [0.15, 0.2) is 10.4 Å². The summed E-state index contributed by atoms with van der Waals surface area (Å²) in [5.74, 6) is -0.556. The van der Waals surface area contributed by atoms with Crippen molar-refractivity contribution in [2.45, 2.75) is 76.9 Å². The Morgan fingerprint density at radius 1 is 1.10 bits per heavy atom. The van der Waals surface area contributed by atoms with Crippen molar-refractivity contribution in [3.05, 3.63) is 40.9 Å². The normalized spacial score (nSPS) is 17.2. The number of rotatable bonds is 5. The van der Waals surface area contributed by atoms with Gasteiger partial charge in [-0.05, 0) is 64.2 Å². The molecule has 1 saturated heterocycles. The van der Waals surface area contributed by atoms with E-state index in [1.54, 1.807) is 4.90 Å². The van der Waals surface area contributed by atoms with Gasteiger partial charge in [-0.25, -0.2) is 4.98 Å². The van der Waals surface area contributed by atoms with Crippen molar-refractivity contribution >= 4 is 17.2 Å². The van der Waals surface area contributed by atoms with Crippen molar-refractivity contribution < 1.29 is 40.8 Å². The van der Waals surface area contributed by atoms with Gasteiger partial charge in [-0.2, -0.15) is 31.3 Å². The first-order chi connectivity index (χ1) is 17.9. The van der Waals surface area contributed by atoms with Crippen LogP contribution in [0.4, 0.5) is 26.3 Å². The third-order valence-electron chi connectivity index (χ3n) is 6.97. The summed E-state index contributed by atoms with van der Waals surface area (Å²) >= 11 is 0.947. The minimum Gasteiger partial charge on any atom is -0.381 e. The van der Waals surface area contributed by atoms with Crippen LogP contribution in [0.25, 0.3) is 21.3 Å². The van der Waals surface area contributed by atoms with Gasteiger partial charge >= 0.3 is 12.4 Å². The molecule has 3 aromatic rings. The zero-order valence-electron chi connectivity index (χ0n) is 21.7. The third kappa shape index (κ3) is 5.04. The first-order valence-electron chi connectivity index (χ1n) is 12.0. The Hall–Kier alpha value is -3.00. The fraction of sp³-hybridized carbons (Fsp3) is 0.520. The second-order valence-electron chi connectivity index (χ2n) is 10.3. The first kappa shape index (κ1) is 29.0. The molecule has 7 nitrogen and oxygen atoms in total. The lowest BCUT2D eigenvalue weighted by Gasteiger charge is -2.34. The summed E-state index contributed by atoms with van der Waals surface area (Å²) < 4.78 is 87.2. The molecule has 4 rings (SSSR count). The van der Waals surface area contributed by atoms with Gasteiger partial charge in [0.25, 0.3) is 11.8 Å². The second-order valence-corrected chi connectivity index (χ2v) is 11.3. The van der Waals surface area contributed by atoms with Crippen LogP contribution in [0.2, 0.25) is 0 Å². The summed E-state index contributed by atoms with van der Waals surface area (Å²) in [7, 11) is 0. The largest absolute Gasteiger partial charge is 0.406 e. The molecule has 1 aromatic carbocycles. The molecule has 2 aromatic heterocycles. The Kier molecular flexibility index (Phi) is 7.12. The number of aliphatic hydroxyl groups is 1. The van der Waals surface area contributed by atoms with E-state index in [-0.39, 0.29) is 51.4 Å².